The predicted molar refractivity (Wildman–Crippen MR) is 105 cm³/mol. The SMILES string of the molecule is CCOc1cc(/C=C(/C#N)c2nc(-c3ccc(Cl)cc3)cs2)ccc1O. The van der Waals surface area contributed by atoms with Crippen molar-refractivity contribution in [3.05, 3.63) is 63.4 Å². The Morgan fingerprint density at radius 1 is 1.31 bits per heavy atom. The average molecular weight is 383 g/mol. The van der Waals surface area contributed by atoms with Gasteiger partial charge >= 0.3 is 0 Å². The molecule has 4 nitrogen and oxygen atoms in total. The maximum Gasteiger partial charge on any atom is 0.161 e. The van der Waals surface area contributed by atoms with Gasteiger partial charge in [0.05, 0.1) is 17.9 Å². The van der Waals surface area contributed by atoms with Crippen molar-refractivity contribution in [3.63, 3.8) is 0 Å². The molecule has 1 heterocycles. The third kappa shape index (κ3) is 4.05. The van der Waals surface area contributed by atoms with Crippen molar-refractivity contribution < 1.29 is 9.84 Å². The number of aromatic nitrogens is 1. The van der Waals surface area contributed by atoms with E-state index in [1.54, 1.807) is 24.3 Å². The second-order valence-corrected chi connectivity index (χ2v) is 6.67. The van der Waals surface area contributed by atoms with Crippen LogP contribution in [0.3, 0.4) is 0 Å². The first-order valence-electron chi connectivity index (χ1n) is 7.90. The molecule has 0 amide bonds. The minimum Gasteiger partial charge on any atom is -0.504 e. The zero-order valence-electron chi connectivity index (χ0n) is 13.9. The van der Waals surface area contributed by atoms with Crippen LogP contribution in [0.5, 0.6) is 11.5 Å². The van der Waals surface area contributed by atoms with Gasteiger partial charge in [-0.2, -0.15) is 5.26 Å². The lowest BCUT2D eigenvalue weighted by atomic mass is 10.1. The number of phenolic OH excluding ortho intramolecular Hbond substituents is 1. The van der Waals surface area contributed by atoms with E-state index >= 15 is 0 Å². The Hall–Kier alpha value is -2.81. The molecule has 0 radical (unpaired) electrons. The molecule has 2 aromatic carbocycles. The second kappa shape index (κ2) is 8.05. The highest BCUT2D eigenvalue weighted by molar-refractivity contribution is 7.11. The molecule has 0 unspecified atom stereocenters. The maximum absolute atomic E-state index is 9.79. The van der Waals surface area contributed by atoms with Gasteiger partial charge in [-0.05, 0) is 42.8 Å². The minimum absolute atomic E-state index is 0.0711. The molecule has 0 aliphatic heterocycles. The molecular weight excluding hydrogens is 368 g/mol. The number of nitrogens with zero attached hydrogens (tertiary/aromatic N) is 2. The number of hydrogen-bond donors (Lipinski definition) is 1. The van der Waals surface area contributed by atoms with Gasteiger partial charge in [-0.15, -0.1) is 11.3 Å². The van der Waals surface area contributed by atoms with Crippen LogP contribution in [-0.4, -0.2) is 16.7 Å². The fourth-order valence-corrected chi connectivity index (χ4v) is 3.27. The van der Waals surface area contributed by atoms with Gasteiger partial charge in [0.2, 0.25) is 0 Å². The van der Waals surface area contributed by atoms with Gasteiger partial charge in [0.25, 0.3) is 0 Å². The number of aromatic hydroxyl groups is 1. The number of hydrogen-bond acceptors (Lipinski definition) is 5. The summed E-state index contributed by atoms with van der Waals surface area (Å²) in [7, 11) is 0. The van der Waals surface area contributed by atoms with E-state index in [4.69, 9.17) is 16.3 Å². The molecule has 0 bridgehead atoms. The molecule has 1 N–H and O–H groups in total. The van der Waals surface area contributed by atoms with Crippen LogP contribution in [0.25, 0.3) is 22.9 Å². The molecule has 0 spiro atoms. The molecule has 130 valence electrons. The zero-order chi connectivity index (χ0) is 18.5. The number of phenols is 1. The van der Waals surface area contributed by atoms with Gasteiger partial charge in [-0.3, -0.25) is 0 Å². The van der Waals surface area contributed by atoms with Crippen molar-refractivity contribution in [3.8, 4) is 28.8 Å². The molecule has 0 atom stereocenters. The summed E-state index contributed by atoms with van der Waals surface area (Å²) in [5.74, 6) is 0.460. The lowest BCUT2D eigenvalue weighted by Gasteiger charge is -2.06. The fourth-order valence-electron chi connectivity index (χ4n) is 2.35. The smallest absolute Gasteiger partial charge is 0.161 e. The van der Waals surface area contributed by atoms with Crippen molar-refractivity contribution in [2.45, 2.75) is 6.92 Å². The van der Waals surface area contributed by atoms with E-state index in [1.165, 1.54) is 11.3 Å². The zero-order valence-corrected chi connectivity index (χ0v) is 15.5. The van der Waals surface area contributed by atoms with Gasteiger partial charge in [-0.1, -0.05) is 29.8 Å². The van der Waals surface area contributed by atoms with Crippen LogP contribution in [0, 0.1) is 11.3 Å². The summed E-state index contributed by atoms with van der Waals surface area (Å²) in [6, 6.07) is 14.6. The lowest BCUT2D eigenvalue weighted by molar-refractivity contribution is 0.318. The van der Waals surface area contributed by atoms with Crippen LogP contribution in [0.15, 0.2) is 47.8 Å². The first-order chi connectivity index (χ1) is 12.6. The topological polar surface area (TPSA) is 66.1 Å². The number of thiazole rings is 1. The van der Waals surface area contributed by atoms with Crippen molar-refractivity contribution in [1.29, 1.82) is 5.26 Å². The molecule has 1 aromatic heterocycles. The number of allylic oxidation sites excluding steroid dienone is 1. The van der Waals surface area contributed by atoms with E-state index in [0.29, 0.717) is 28.0 Å². The molecule has 0 aliphatic rings. The van der Waals surface area contributed by atoms with Crippen molar-refractivity contribution in [2.75, 3.05) is 6.61 Å². The first-order valence-corrected chi connectivity index (χ1v) is 9.16. The highest BCUT2D eigenvalue weighted by Crippen LogP contribution is 2.31. The van der Waals surface area contributed by atoms with E-state index in [9.17, 15) is 10.4 Å². The van der Waals surface area contributed by atoms with Crippen LogP contribution in [0.4, 0.5) is 0 Å². The summed E-state index contributed by atoms with van der Waals surface area (Å²) in [6.07, 6.45) is 1.73. The lowest BCUT2D eigenvalue weighted by Crippen LogP contribution is -1.92. The molecular formula is C20H15ClN2O2S. The summed E-state index contributed by atoms with van der Waals surface area (Å²) in [5.41, 5.74) is 2.94. The van der Waals surface area contributed by atoms with Crippen molar-refractivity contribution in [2.24, 2.45) is 0 Å². The molecule has 0 saturated heterocycles. The van der Waals surface area contributed by atoms with Gasteiger partial charge < -0.3 is 9.84 Å². The van der Waals surface area contributed by atoms with E-state index in [-0.39, 0.29) is 5.75 Å². The van der Waals surface area contributed by atoms with E-state index in [0.717, 1.165) is 16.8 Å². The summed E-state index contributed by atoms with van der Waals surface area (Å²) in [4.78, 5) is 4.56. The van der Waals surface area contributed by atoms with Crippen LogP contribution in [0.2, 0.25) is 5.02 Å². The average Bonchev–Trinajstić information content (AvgIpc) is 3.13. The number of ether oxygens (including phenoxy) is 1. The van der Waals surface area contributed by atoms with Crippen LogP contribution in [-0.2, 0) is 0 Å². The molecule has 0 saturated carbocycles. The van der Waals surface area contributed by atoms with Gasteiger partial charge in [0.1, 0.15) is 11.1 Å². The third-order valence-electron chi connectivity index (χ3n) is 3.59. The standard InChI is InChI=1S/C20H15ClN2O2S/c1-2-25-19-10-13(3-8-18(19)24)9-15(11-22)20-23-17(12-26-20)14-4-6-16(21)7-5-14/h3-10,12,24H,2H2,1H3/b15-9-. The van der Waals surface area contributed by atoms with Crippen molar-refractivity contribution in [1.82, 2.24) is 4.98 Å². The minimum atomic E-state index is 0.0711. The monoisotopic (exact) mass is 382 g/mol. The van der Waals surface area contributed by atoms with E-state index in [2.05, 4.69) is 11.1 Å². The molecule has 3 aromatic rings. The Bertz CT molecular complexity index is 988. The molecule has 26 heavy (non-hydrogen) atoms. The number of benzene rings is 2. The predicted octanol–water partition coefficient (Wildman–Crippen LogP) is 5.63. The molecule has 0 aliphatic carbocycles. The number of rotatable bonds is 5. The third-order valence-corrected chi connectivity index (χ3v) is 4.72. The van der Waals surface area contributed by atoms with E-state index in [1.807, 2.05) is 36.6 Å². The largest absolute Gasteiger partial charge is 0.504 e. The quantitative estimate of drug-likeness (QED) is 0.580. The number of halogens is 1. The summed E-state index contributed by atoms with van der Waals surface area (Å²) in [5, 5.41) is 22.5. The van der Waals surface area contributed by atoms with E-state index < -0.39 is 0 Å². The highest BCUT2D eigenvalue weighted by atomic mass is 35.5. The summed E-state index contributed by atoms with van der Waals surface area (Å²) >= 11 is 7.32. The van der Waals surface area contributed by atoms with Gasteiger partial charge in [-0.25, -0.2) is 4.98 Å². The Labute approximate surface area is 160 Å². The Kier molecular flexibility index (Phi) is 5.57. The summed E-state index contributed by atoms with van der Waals surface area (Å²) < 4.78 is 5.38. The second-order valence-electron chi connectivity index (χ2n) is 5.37. The highest BCUT2D eigenvalue weighted by Gasteiger charge is 2.10. The van der Waals surface area contributed by atoms with Gasteiger partial charge in [0.15, 0.2) is 11.5 Å². The molecule has 6 heteroatoms. The van der Waals surface area contributed by atoms with Gasteiger partial charge in [0, 0.05) is 16.0 Å². The fraction of sp³-hybridized carbons (Fsp3) is 0.100. The van der Waals surface area contributed by atoms with Crippen molar-refractivity contribution >= 4 is 34.6 Å². The Balaban J connectivity index is 1.92. The first kappa shape index (κ1) is 18.0. The Morgan fingerprint density at radius 3 is 2.77 bits per heavy atom. The number of nitriles is 1. The Morgan fingerprint density at radius 2 is 2.08 bits per heavy atom. The normalized spacial score (nSPS) is 11.2. The van der Waals surface area contributed by atoms with Crippen LogP contribution >= 0.6 is 22.9 Å². The molecule has 0 fully saturated rings. The maximum atomic E-state index is 9.79. The van der Waals surface area contributed by atoms with Crippen LogP contribution < -0.4 is 4.74 Å². The molecule has 3 rings (SSSR count). The van der Waals surface area contributed by atoms with Crippen LogP contribution in [0.1, 0.15) is 17.5 Å². The summed E-state index contributed by atoms with van der Waals surface area (Å²) in [6.45, 7) is 2.29.